The average Bonchev–Trinajstić information content (AvgIpc) is 2.95. The lowest BCUT2D eigenvalue weighted by Gasteiger charge is -2.30. The Kier molecular flexibility index (Phi) is 8.28. The summed E-state index contributed by atoms with van der Waals surface area (Å²) in [6, 6.07) is 16.3. The van der Waals surface area contributed by atoms with Gasteiger partial charge in [-0.2, -0.15) is 0 Å². The van der Waals surface area contributed by atoms with Crippen molar-refractivity contribution in [2.75, 3.05) is 12.8 Å². The number of pyridine rings is 1. The van der Waals surface area contributed by atoms with Crippen LogP contribution in [-0.2, 0) is 33.7 Å². The van der Waals surface area contributed by atoms with Crippen molar-refractivity contribution in [3.05, 3.63) is 105 Å². The van der Waals surface area contributed by atoms with Crippen molar-refractivity contribution in [3.8, 4) is 0 Å². The van der Waals surface area contributed by atoms with Crippen LogP contribution in [0.4, 0.5) is 0 Å². The molecule has 42 heavy (non-hydrogen) atoms. The molecule has 2 amide bonds. The Balaban J connectivity index is 1.35. The van der Waals surface area contributed by atoms with Crippen LogP contribution >= 0.6 is 23.2 Å². The molecule has 1 unspecified atom stereocenters. The number of rotatable bonds is 7. The summed E-state index contributed by atoms with van der Waals surface area (Å²) >= 11 is 13.2. The number of carbonyl (C=O) groups excluding carboxylic acids is 2. The molecule has 216 valence electrons. The number of benzene rings is 3. The summed E-state index contributed by atoms with van der Waals surface area (Å²) in [6.45, 7) is 0.578. The highest BCUT2D eigenvalue weighted by atomic mass is 35.5. The highest BCUT2D eigenvalue weighted by Crippen LogP contribution is 2.35. The quantitative estimate of drug-likeness (QED) is 0.284. The number of carboxylic acids is 1. The van der Waals surface area contributed by atoms with E-state index >= 15 is 0 Å². The van der Waals surface area contributed by atoms with Crippen LogP contribution in [0.15, 0.2) is 71.8 Å². The number of amides is 2. The van der Waals surface area contributed by atoms with Crippen molar-refractivity contribution in [2.45, 2.75) is 30.3 Å². The highest BCUT2D eigenvalue weighted by Gasteiger charge is 2.30. The minimum Gasteiger partial charge on any atom is -0.480 e. The zero-order valence-corrected chi connectivity index (χ0v) is 24.9. The monoisotopic (exact) mass is 623 g/mol. The van der Waals surface area contributed by atoms with Crippen LogP contribution in [0.1, 0.15) is 37.5 Å². The van der Waals surface area contributed by atoms with Gasteiger partial charge in [0.2, 0.25) is 0 Å². The second-order valence-electron chi connectivity index (χ2n) is 10.3. The van der Waals surface area contributed by atoms with Crippen LogP contribution in [0.2, 0.25) is 10.0 Å². The number of aliphatic carboxylic acids is 1. The van der Waals surface area contributed by atoms with E-state index in [1.807, 2.05) is 24.3 Å². The van der Waals surface area contributed by atoms with Gasteiger partial charge in [0.15, 0.2) is 0 Å². The van der Waals surface area contributed by atoms with Crippen LogP contribution in [0, 0.1) is 0 Å². The highest BCUT2D eigenvalue weighted by molar-refractivity contribution is 7.99. The van der Waals surface area contributed by atoms with Crippen LogP contribution in [-0.4, -0.2) is 61.7 Å². The Morgan fingerprint density at radius 2 is 1.83 bits per heavy atom. The number of aromatic nitrogens is 1. The van der Waals surface area contributed by atoms with Gasteiger partial charge in [0.25, 0.3) is 11.8 Å². The topological polar surface area (TPSA) is 117 Å². The molecule has 3 aromatic carbocycles. The largest absolute Gasteiger partial charge is 0.480 e. The summed E-state index contributed by atoms with van der Waals surface area (Å²) < 4.78 is 12.3. The van der Waals surface area contributed by atoms with E-state index in [9.17, 15) is 23.7 Å². The molecular weight excluding hydrogens is 597 g/mol. The predicted molar refractivity (Wildman–Crippen MR) is 165 cm³/mol. The van der Waals surface area contributed by atoms with Gasteiger partial charge in [-0.1, -0.05) is 59.6 Å². The van der Waals surface area contributed by atoms with Crippen LogP contribution in [0.25, 0.3) is 10.8 Å². The third-order valence-corrected chi connectivity index (χ3v) is 9.18. The molecule has 0 saturated heterocycles. The maximum Gasteiger partial charge on any atom is 0.326 e. The summed E-state index contributed by atoms with van der Waals surface area (Å²) in [5, 5.41) is 14.4. The van der Waals surface area contributed by atoms with Gasteiger partial charge < -0.3 is 15.3 Å². The van der Waals surface area contributed by atoms with Gasteiger partial charge in [-0.05, 0) is 68.2 Å². The van der Waals surface area contributed by atoms with Crippen molar-refractivity contribution in [2.24, 2.45) is 0 Å². The number of hydrogen-bond donors (Lipinski definition) is 2. The van der Waals surface area contributed by atoms with Crippen molar-refractivity contribution in [3.63, 3.8) is 0 Å². The fourth-order valence-electron chi connectivity index (χ4n) is 5.00. The molecule has 0 spiro atoms. The maximum absolute atomic E-state index is 13.3. The third kappa shape index (κ3) is 6.13. The van der Waals surface area contributed by atoms with Crippen LogP contribution in [0.3, 0.4) is 0 Å². The third-order valence-electron chi connectivity index (χ3n) is 7.21. The molecule has 0 aliphatic carbocycles. The number of halogens is 2. The lowest BCUT2D eigenvalue weighted by molar-refractivity contribution is -0.139. The summed E-state index contributed by atoms with van der Waals surface area (Å²) in [4.78, 5) is 45.1. The number of hydrogen-bond acceptors (Lipinski definition) is 5. The predicted octanol–water partition coefficient (Wildman–Crippen LogP) is 4.87. The Morgan fingerprint density at radius 1 is 1.10 bits per heavy atom. The molecule has 11 heteroatoms. The van der Waals surface area contributed by atoms with Crippen LogP contribution < -0.4 is 5.32 Å². The van der Waals surface area contributed by atoms with Gasteiger partial charge in [0.1, 0.15) is 11.7 Å². The first kappa shape index (κ1) is 29.6. The molecular formula is C31H27Cl2N3O5S. The number of carbonyl (C=O) groups is 3. The molecule has 1 aliphatic heterocycles. The Hall–Kier alpha value is -3.92. The number of fused-ring (bicyclic) bond motifs is 2. The normalized spacial score (nSPS) is 15.0. The Bertz CT molecular complexity index is 1860. The minimum atomic E-state index is -2.50. The lowest BCUT2D eigenvalue weighted by atomic mass is 9.96. The molecule has 5 rings (SSSR count). The first-order valence-corrected chi connectivity index (χ1v) is 15.9. The Labute approximate surface area is 253 Å². The van der Waals surface area contributed by atoms with Gasteiger partial charge in [-0.15, -0.1) is 0 Å². The molecule has 2 N–H and O–H groups in total. The van der Waals surface area contributed by atoms with E-state index in [4.69, 9.17) is 23.2 Å². The van der Waals surface area contributed by atoms with Crippen LogP contribution in [0.5, 0.6) is 0 Å². The molecule has 1 aromatic heterocycles. The first-order valence-electron chi connectivity index (χ1n) is 13.0. The average molecular weight is 625 g/mol. The molecule has 4 aromatic rings. The standard InChI is InChI=1S/C31H27Cl2N3O5S/c1-42(2,41)22-9-5-6-18(12-22)13-26(31(39)40)35-29(37)27-24(32)14-21-17-36(11-10-23(21)28(27)33)30(38)25-15-19-7-3-4-8-20(19)16-34-25/h3-9,12,14-16,26H,1,10-11,13,17H2,2H3,(H,35,37)(H,39,40)/t26-,42?/m0/s1. The maximum atomic E-state index is 13.3. The van der Waals surface area contributed by atoms with Gasteiger partial charge in [0, 0.05) is 42.2 Å². The van der Waals surface area contributed by atoms with E-state index < -0.39 is 27.4 Å². The molecule has 2 heterocycles. The van der Waals surface area contributed by atoms with E-state index in [1.54, 1.807) is 47.5 Å². The molecule has 0 radical (unpaired) electrons. The van der Waals surface area contributed by atoms with Gasteiger partial charge >= 0.3 is 5.97 Å². The molecule has 1 aliphatic rings. The van der Waals surface area contributed by atoms with E-state index in [1.165, 1.54) is 6.26 Å². The SMILES string of the molecule is C=S(C)(=O)c1cccc(C[C@H](NC(=O)c2c(Cl)cc3c(c2Cl)CCN(C(=O)c2cc4ccccc4cn2)C3)C(=O)O)c1. The van der Waals surface area contributed by atoms with E-state index in [0.29, 0.717) is 40.2 Å². The second kappa shape index (κ2) is 11.8. The number of nitrogens with zero attached hydrogens (tertiary/aromatic N) is 2. The van der Waals surface area contributed by atoms with E-state index in [-0.39, 0.29) is 34.5 Å². The summed E-state index contributed by atoms with van der Waals surface area (Å²) in [7, 11) is -2.50. The van der Waals surface area contributed by atoms with Gasteiger partial charge in [0.05, 0.1) is 15.6 Å². The minimum absolute atomic E-state index is 0.0256. The lowest BCUT2D eigenvalue weighted by Crippen LogP contribution is -2.42. The molecule has 2 atom stereocenters. The summed E-state index contributed by atoms with van der Waals surface area (Å²) in [5.74, 6) is 1.46. The number of nitrogens with one attached hydrogen (secondary N) is 1. The molecule has 8 nitrogen and oxygen atoms in total. The zero-order valence-electron chi connectivity index (χ0n) is 22.6. The zero-order chi connectivity index (χ0) is 30.2. The fraction of sp³-hybridized carbons (Fsp3) is 0.194. The van der Waals surface area contributed by atoms with E-state index in [0.717, 1.165) is 10.8 Å². The summed E-state index contributed by atoms with van der Waals surface area (Å²) in [5.41, 5.74) is 2.25. The number of carboxylic acid groups (broad SMARTS) is 1. The van der Waals surface area contributed by atoms with Gasteiger partial charge in [-0.3, -0.25) is 18.8 Å². The molecule has 0 saturated carbocycles. The fourth-order valence-corrected chi connectivity index (χ4v) is 6.53. The van der Waals surface area contributed by atoms with Crippen molar-refractivity contribution in [1.29, 1.82) is 0 Å². The second-order valence-corrected chi connectivity index (χ2v) is 13.6. The van der Waals surface area contributed by atoms with Crippen molar-refractivity contribution < 1.29 is 23.7 Å². The van der Waals surface area contributed by atoms with Crippen molar-refractivity contribution in [1.82, 2.24) is 15.2 Å². The Morgan fingerprint density at radius 3 is 2.55 bits per heavy atom. The van der Waals surface area contributed by atoms with Crippen molar-refractivity contribution >= 4 is 67.2 Å². The van der Waals surface area contributed by atoms with Gasteiger partial charge in [-0.25, -0.2) is 4.79 Å². The summed E-state index contributed by atoms with van der Waals surface area (Å²) in [6.07, 6.45) is 3.49. The smallest absolute Gasteiger partial charge is 0.326 e. The first-order chi connectivity index (χ1) is 19.9. The molecule has 0 bridgehead atoms. The van der Waals surface area contributed by atoms with E-state index in [2.05, 4.69) is 16.2 Å². The molecule has 0 fully saturated rings.